The van der Waals surface area contributed by atoms with Gasteiger partial charge in [0.2, 0.25) is 0 Å². The summed E-state index contributed by atoms with van der Waals surface area (Å²) in [6, 6.07) is 9.38. The number of hydrogen-bond acceptors (Lipinski definition) is 1. The van der Waals surface area contributed by atoms with Crippen LogP contribution in [0.1, 0.15) is 36.8 Å². The molecule has 0 heterocycles. The molecule has 1 unspecified atom stereocenters. The van der Waals surface area contributed by atoms with Crippen molar-refractivity contribution in [1.29, 1.82) is 0 Å². The Balaban J connectivity index is 1.97. The van der Waals surface area contributed by atoms with E-state index in [1.807, 2.05) is 0 Å². The summed E-state index contributed by atoms with van der Waals surface area (Å²) in [6.07, 6.45) is 5.40. The predicted molar refractivity (Wildman–Crippen MR) is 62.8 cm³/mol. The molecule has 15 heavy (non-hydrogen) atoms. The second kappa shape index (κ2) is 3.08. The summed E-state index contributed by atoms with van der Waals surface area (Å²) in [5, 5.41) is 0. The molecule has 3 rings (SSSR count). The first-order valence-electron chi connectivity index (χ1n) is 6.06. The zero-order valence-corrected chi connectivity index (χ0v) is 9.37. The van der Waals surface area contributed by atoms with Crippen molar-refractivity contribution >= 4 is 0 Å². The molecule has 2 aliphatic rings. The van der Waals surface area contributed by atoms with Crippen LogP contribution in [0.3, 0.4) is 0 Å². The maximum atomic E-state index is 6.19. The third-order valence-corrected chi connectivity index (χ3v) is 4.45. The smallest absolute Gasteiger partial charge is 0.0149 e. The average Bonchev–Trinajstić information content (AvgIpc) is 2.75. The Kier molecular flexibility index (Phi) is 1.93. The molecule has 0 spiro atoms. The Labute approximate surface area is 91.7 Å². The van der Waals surface area contributed by atoms with Crippen LogP contribution in [0.2, 0.25) is 0 Å². The molecule has 0 aliphatic heterocycles. The van der Waals surface area contributed by atoms with E-state index in [0.29, 0.717) is 11.5 Å². The zero-order chi connectivity index (χ0) is 10.5. The summed E-state index contributed by atoms with van der Waals surface area (Å²) in [7, 11) is 0. The van der Waals surface area contributed by atoms with Crippen LogP contribution in [0.4, 0.5) is 0 Å². The predicted octanol–water partition coefficient (Wildman–Crippen LogP) is 2.76. The van der Waals surface area contributed by atoms with Gasteiger partial charge in [-0.1, -0.05) is 36.2 Å². The Morgan fingerprint density at radius 1 is 1.33 bits per heavy atom. The lowest BCUT2D eigenvalue weighted by Gasteiger charge is -2.35. The second-order valence-electron chi connectivity index (χ2n) is 5.35. The molecule has 0 bridgehead atoms. The maximum Gasteiger partial charge on any atom is 0.0149 e. The van der Waals surface area contributed by atoms with Gasteiger partial charge in [0.25, 0.3) is 0 Å². The van der Waals surface area contributed by atoms with E-state index in [0.717, 1.165) is 5.92 Å². The third kappa shape index (κ3) is 1.26. The summed E-state index contributed by atoms with van der Waals surface area (Å²) in [4.78, 5) is 0. The normalized spacial score (nSPS) is 34.9. The van der Waals surface area contributed by atoms with Gasteiger partial charge < -0.3 is 5.73 Å². The van der Waals surface area contributed by atoms with Crippen molar-refractivity contribution < 1.29 is 0 Å². The molecule has 1 aromatic carbocycles. The molecule has 0 radical (unpaired) electrons. The van der Waals surface area contributed by atoms with Gasteiger partial charge in [-0.05, 0) is 37.7 Å². The minimum absolute atomic E-state index is 0.365. The quantitative estimate of drug-likeness (QED) is 0.782. The Hall–Kier alpha value is -0.820. The van der Waals surface area contributed by atoms with Gasteiger partial charge in [-0.2, -0.15) is 0 Å². The van der Waals surface area contributed by atoms with Crippen molar-refractivity contribution in [1.82, 2.24) is 0 Å². The maximum absolute atomic E-state index is 6.19. The molecular formula is C14H19N. The highest BCUT2D eigenvalue weighted by atomic mass is 14.8. The molecule has 0 saturated heterocycles. The van der Waals surface area contributed by atoms with Crippen LogP contribution >= 0.6 is 0 Å². The first-order chi connectivity index (χ1) is 7.23. The number of hydrogen-bond donors (Lipinski definition) is 1. The van der Waals surface area contributed by atoms with Gasteiger partial charge in [-0.3, -0.25) is 0 Å². The van der Waals surface area contributed by atoms with Crippen LogP contribution in [-0.2, 0) is 5.41 Å². The number of nitrogens with two attached hydrogens (primary N) is 1. The highest BCUT2D eigenvalue weighted by molar-refractivity contribution is 5.39. The van der Waals surface area contributed by atoms with Crippen LogP contribution in [-0.4, -0.2) is 6.04 Å². The summed E-state index contributed by atoms with van der Waals surface area (Å²) in [6.45, 7) is 2.17. The van der Waals surface area contributed by atoms with Crippen molar-refractivity contribution in [3.05, 3.63) is 35.4 Å². The van der Waals surface area contributed by atoms with Crippen molar-refractivity contribution in [3.63, 3.8) is 0 Å². The molecule has 1 aromatic rings. The molecule has 0 aromatic heterocycles. The fourth-order valence-electron chi connectivity index (χ4n) is 3.20. The molecule has 2 fully saturated rings. The van der Waals surface area contributed by atoms with Crippen molar-refractivity contribution in [2.75, 3.05) is 0 Å². The molecule has 2 saturated carbocycles. The lowest BCUT2D eigenvalue weighted by molar-refractivity contribution is 0.240. The van der Waals surface area contributed by atoms with Gasteiger partial charge in [0.1, 0.15) is 0 Å². The van der Waals surface area contributed by atoms with E-state index in [9.17, 15) is 0 Å². The molecular weight excluding hydrogens is 182 g/mol. The van der Waals surface area contributed by atoms with Crippen molar-refractivity contribution in [2.24, 2.45) is 11.7 Å². The largest absolute Gasteiger partial charge is 0.327 e. The molecule has 2 atom stereocenters. The molecule has 1 heteroatoms. The Morgan fingerprint density at radius 2 is 2.07 bits per heavy atom. The van der Waals surface area contributed by atoms with E-state index in [1.54, 1.807) is 0 Å². The molecule has 0 amide bonds. The highest BCUT2D eigenvalue weighted by Gasteiger charge is 2.59. The molecule has 2 aliphatic carbocycles. The van der Waals surface area contributed by atoms with Gasteiger partial charge in [-0.15, -0.1) is 0 Å². The van der Waals surface area contributed by atoms with Gasteiger partial charge in [0, 0.05) is 11.5 Å². The fraction of sp³-hybridized carbons (Fsp3) is 0.571. The van der Waals surface area contributed by atoms with E-state index in [2.05, 4.69) is 31.2 Å². The van der Waals surface area contributed by atoms with E-state index in [4.69, 9.17) is 5.73 Å². The van der Waals surface area contributed by atoms with E-state index in [-0.39, 0.29) is 0 Å². The van der Waals surface area contributed by atoms with Gasteiger partial charge in [0.15, 0.2) is 0 Å². The monoisotopic (exact) mass is 201 g/mol. The number of aryl methyl sites for hydroxylation is 1. The van der Waals surface area contributed by atoms with Gasteiger partial charge in [0.05, 0.1) is 0 Å². The minimum Gasteiger partial charge on any atom is -0.327 e. The lowest BCUT2D eigenvalue weighted by atomic mass is 9.70. The summed E-state index contributed by atoms with van der Waals surface area (Å²) in [5.41, 5.74) is 9.43. The summed E-state index contributed by atoms with van der Waals surface area (Å²) >= 11 is 0. The van der Waals surface area contributed by atoms with Crippen LogP contribution in [0, 0.1) is 12.8 Å². The zero-order valence-electron chi connectivity index (χ0n) is 9.37. The van der Waals surface area contributed by atoms with Crippen molar-refractivity contribution in [3.8, 4) is 0 Å². The summed E-state index contributed by atoms with van der Waals surface area (Å²) in [5.74, 6) is 0.870. The SMILES string of the molecule is Cc1cccc(C2(C3CCC3)C[C@H]2N)c1. The van der Waals surface area contributed by atoms with E-state index in [1.165, 1.54) is 36.8 Å². The molecule has 80 valence electrons. The highest BCUT2D eigenvalue weighted by Crippen LogP contribution is 2.58. The first-order valence-corrected chi connectivity index (χ1v) is 6.06. The Morgan fingerprint density at radius 3 is 2.53 bits per heavy atom. The minimum atomic E-state index is 0.365. The second-order valence-corrected chi connectivity index (χ2v) is 5.35. The van der Waals surface area contributed by atoms with Crippen LogP contribution in [0.25, 0.3) is 0 Å². The average molecular weight is 201 g/mol. The van der Waals surface area contributed by atoms with E-state index < -0.39 is 0 Å². The fourth-order valence-corrected chi connectivity index (χ4v) is 3.20. The molecule has 1 nitrogen and oxygen atoms in total. The first kappa shape index (κ1) is 9.41. The Bertz CT molecular complexity index is 381. The standard InChI is InChI=1S/C14H19N/c1-10-4-2-7-12(8-10)14(9-13(14)15)11-5-3-6-11/h2,4,7-8,11,13H,3,5-6,9,15H2,1H3/t13-,14?/m1/s1. The van der Waals surface area contributed by atoms with Gasteiger partial charge in [-0.25, -0.2) is 0 Å². The van der Waals surface area contributed by atoms with Crippen LogP contribution in [0.5, 0.6) is 0 Å². The lowest BCUT2D eigenvalue weighted by Crippen LogP contribution is -2.32. The topological polar surface area (TPSA) is 26.0 Å². The number of benzene rings is 1. The van der Waals surface area contributed by atoms with Crippen molar-refractivity contribution in [2.45, 2.75) is 44.1 Å². The number of rotatable bonds is 2. The van der Waals surface area contributed by atoms with Crippen LogP contribution in [0.15, 0.2) is 24.3 Å². The van der Waals surface area contributed by atoms with Crippen LogP contribution < -0.4 is 5.73 Å². The third-order valence-electron chi connectivity index (χ3n) is 4.45. The van der Waals surface area contributed by atoms with E-state index >= 15 is 0 Å². The summed E-state index contributed by atoms with van der Waals surface area (Å²) < 4.78 is 0. The van der Waals surface area contributed by atoms with Gasteiger partial charge >= 0.3 is 0 Å². The molecule has 2 N–H and O–H groups in total.